The minimum Gasteiger partial charge on any atom is -0.361 e. The Kier molecular flexibility index (Phi) is 3.84. The molecule has 0 atom stereocenters. The van der Waals surface area contributed by atoms with E-state index >= 15 is 0 Å². The van der Waals surface area contributed by atoms with Crippen LogP contribution in [0.5, 0.6) is 0 Å². The van der Waals surface area contributed by atoms with Gasteiger partial charge in [-0.1, -0.05) is 22.9 Å². The van der Waals surface area contributed by atoms with E-state index in [2.05, 4.69) is 15.5 Å². The lowest BCUT2D eigenvalue weighted by atomic mass is 9.85. The highest BCUT2D eigenvalue weighted by Crippen LogP contribution is 2.31. The van der Waals surface area contributed by atoms with E-state index in [1.54, 1.807) is 17.9 Å². The van der Waals surface area contributed by atoms with Crippen molar-refractivity contribution in [3.8, 4) is 0 Å². The lowest BCUT2D eigenvalue weighted by Crippen LogP contribution is -2.35. The zero-order valence-electron chi connectivity index (χ0n) is 13.4. The third-order valence-corrected chi connectivity index (χ3v) is 5.57. The van der Waals surface area contributed by atoms with Crippen LogP contribution in [0.25, 0.3) is 0 Å². The van der Waals surface area contributed by atoms with Gasteiger partial charge in [0.25, 0.3) is 5.91 Å². The number of nitrogens with one attached hydrogen (secondary N) is 1. The van der Waals surface area contributed by atoms with Crippen LogP contribution in [0.3, 0.4) is 0 Å². The largest absolute Gasteiger partial charge is 0.361 e. The van der Waals surface area contributed by atoms with Crippen molar-refractivity contribution >= 4 is 28.3 Å². The third-order valence-electron chi connectivity index (χ3n) is 4.57. The van der Waals surface area contributed by atoms with Crippen molar-refractivity contribution < 1.29 is 14.1 Å². The van der Waals surface area contributed by atoms with Gasteiger partial charge in [0.05, 0.1) is 12.2 Å². The first kappa shape index (κ1) is 15.3. The summed E-state index contributed by atoms with van der Waals surface area (Å²) in [6, 6.07) is 1.65. The van der Waals surface area contributed by atoms with Crippen molar-refractivity contribution in [2.24, 2.45) is 5.92 Å². The van der Waals surface area contributed by atoms with Crippen LogP contribution < -0.4 is 5.32 Å². The fourth-order valence-electron chi connectivity index (χ4n) is 2.93. The molecule has 7 nitrogen and oxygen atoms in total. The molecule has 1 aliphatic heterocycles. The van der Waals surface area contributed by atoms with Crippen LogP contribution in [0.15, 0.2) is 10.6 Å². The summed E-state index contributed by atoms with van der Waals surface area (Å²) in [6.07, 6.45) is 3.76. The van der Waals surface area contributed by atoms with Gasteiger partial charge in [-0.2, -0.15) is 0 Å². The minimum atomic E-state index is -0.133. The molecule has 0 bridgehead atoms. The fraction of sp³-hybridized carbons (Fsp3) is 0.500. The molecule has 1 fully saturated rings. The Labute approximate surface area is 143 Å². The third kappa shape index (κ3) is 2.82. The van der Waals surface area contributed by atoms with Crippen LogP contribution in [0.2, 0.25) is 0 Å². The Balaban J connectivity index is 1.45. The van der Waals surface area contributed by atoms with Crippen LogP contribution in [0.4, 0.5) is 5.13 Å². The molecule has 2 aromatic heterocycles. The Morgan fingerprint density at radius 1 is 1.42 bits per heavy atom. The summed E-state index contributed by atoms with van der Waals surface area (Å²) in [5, 5.41) is 7.35. The zero-order valence-corrected chi connectivity index (χ0v) is 14.2. The monoisotopic (exact) mass is 346 g/mol. The normalized spacial score (nSPS) is 17.3. The maximum atomic E-state index is 12.5. The fourth-order valence-corrected chi connectivity index (χ4v) is 3.96. The number of nitrogens with zero attached hydrogens (tertiary/aromatic N) is 3. The van der Waals surface area contributed by atoms with Crippen molar-refractivity contribution in [2.75, 3.05) is 11.9 Å². The number of aryl methyl sites for hydroxylation is 1. The van der Waals surface area contributed by atoms with Crippen molar-refractivity contribution in [1.29, 1.82) is 0 Å². The van der Waals surface area contributed by atoms with Crippen molar-refractivity contribution in [2.45, 2.75) is 39.2 Å². The van der Waals surface area contributed by atoms with E-state index in [1.807, 2.05) is 0 Å². The predicted molar refractivity (Wildman–Crippen MR) is 87.8 cm³/mol. The lowest BCUT2D eigenvalue weighted by molar-refractivity contribution is -0.122. The number of hydrogen-bond acceptors (Lipinski definition) is 6. The average molecular weight is 346 g/mol. The summed E-state index contributed by atoms with van der Waals surface area (Å²) >= 11 is 1.46. The molecule has 0 unspecified atom stereocenters. The number of amides is 2. The molecule has 8 heteroatoms. The Morgan fingerprint density at radius 3 is 2.92 bits per heavy atom. The van der Waals surface area contributed by atoms with Gasteiger partial charge in [-0.05, 0) is 19.8 Å². The molecule has 0 saturated heterocycles. The van der Waals surface area contributed by atoms with E-state index in [4.69, 9.17) is 4.52 Å². The Hall–Kier alpha value is -2.22. The van der Waals surface area contributed by atoms with Crippen LogP contribution in [-0.2, 0) is 17.8 Å². The molecule has 1 aliphatic carbocycles. The molecular formula is C16H18N4O3S. The summed E-state index contributed by atoms with van der Waals surface area (Å²) in [5.41, 5.74) is 1.31. The van der Waals surface area contributed by atoms with Gasteiger partial charge in [-0.3, -0.25) is 9.59 Å². The first-order valence-electron chi connectivity index (χ1n) is 8.12. The summed E-state index contributed by atoms with van der Waals surface area (Å²) in [4.78, 5) is 31.8. The predicted octanol–water partition coefficient (Wildman–Crippen LogP) is 2.38. The van der Waals surface area contributed by atoms with Gasteiger partial charge in [0.15, 0.2) is 10.8 Å². The second kappa shape index (κ2) is 6.01. The van der Waals surface area contributed by atoms with Gasteiger partial charge in [0, 0.05) is 29.8 Å². The van der Waals surface area contributed by atoms with Gasteiger partial charge in [0.1, 0.15) is 5.76 Å². The van der Waals surface area contributed by atoms with Crippen LogP contribution in [0, 0.1) is 12.8 Å². The Morgan fingerprint density at radius 2 is 2.25 bits per heavy atom. The molecule has 1 saturated carbocycles. The number of carbonyl (C=O) groups excluding carboxylic acids is 2. The number of rotatable bonds is 3. The van der Waals surface area contributed by atoms with Crippen LogP contribution >= 0.6 is 11.3 Å². The number of hydrogen-bond donors (Lipinski definition) is 1. The molecular weight excluding hydrogens is 328 g/mol. The molecule has 0 radical (unpaired) electrons. The second-order valence-corrected chi connectivity index (χ2v) is 7.39. The Bertz CT molecular complexity index is 793. The SMILES string of the molecule is Cc1cc(C(=O)N2CCc3nc(NC(=O)C4CCC4)sc3C2)no1. The first-order valence-corrected chi connectivity index (χ1v) is 8.94. The highest BCUT2D eigenvalue weighted by atomic mass is 32.1. The van der Waals surface area contributed by atoms with Crippen molar-refractivity contribution in [3.05, 3.63) is 28.1 Å². The highest BCUT2D eigenvalue weighted by molar-refractivity contribution is 7.15. The molecule has 2 amide bonds. The summed E-state index contributed by atoms with van der Waals surface area (Å²) in [7, 11) is 0. The smallest absolute Gasteiger partial charge is 0.276 e. The second-order valence-electron chi connectivity index (χ2n) is 6.31. The molecule has 3 heterocycles. The summed E-state index contributed by atoms with van der Waals surface area (Å²) in [5.74, 6) is 0.693. The molecule has 2 aliphatic rings. The van der Waals surface area contributed by atoms with E-state index < -0.39 is 0 Å². The maximum absolute atomic E-state index is 12.5. The maximum Gasteiger partial charge on any atom is 0.276 e. The number of carbonyl (C=O) groups is 2. The van der Waals surface area contributed by atoms with E-state index in [9.17, 15) is 9.59 Å². The highest BCUT2D eigenvalue weighted by Gasteiger charge is 2.29. The van der Waals surface area contributed by atoms with Crippen molar-refractivity contribution in [1.82, 2.24) is 15.0 Å². The quantitative estimate of drug-likeness (QED) is 0.922. The average Bonchev–Trinajstić information content (AvgIpc) is 3.09. The van der Waals surface area contributed by atoms with E-state index in [-0.39, 0.29) is 17.7 Å². The molecule has 0 aromatic carbocycles. The zero-order chi connectivity index (χ0) is 16.7. The number of thiazole rings is 1. The number of fused-ring (bicyclic) bond motifs is 1. The van der Waals surface area contributed by atoms with Gasteiger partial charge < -0.3 is 14.7 Å². The van der Waals surface area contributed by atoms with Crippen molar-refractivity contribution in [3.63, 3.8) is 0 Å². The number of aromatic nitrogens is 2. The first-order chi connectivity index (χ1) is 11.6. The van der Waals surface area contributed by atoms with Gasteiger partial charge >= 0.3 is 0 Å². The van der Waals surface area contributed by atoms with Gasteiger partial charge in [-0.15, -0.1) is 0 Å². The van der Waals surface area contributed by atoms with Gasteiger partial charge in [-0.25, -0.2) is 4.98 Å². The van der Waals surface area contributed by atoms with E-state index in [0.29, 0.717) is 36.1 Å². The molecule has 0 spiro atoms. The summed E-state index contributed by atoms with van der Waals surface area (Å²) in [6.45, 7) is 2.85. The molecule has 4 rings (SSSR count). The molecule has 24 heavy (non-hydrogen) atoms. The van der Waals surface area contributed by atoms with Crippen LogP contribution in [0.1, 0.15) is 46.1 Å². The van der Waals surface area contributed by atoms with E-state index in [1.165, 1.54) is 11.3 Å². The van der Waals surface area contributed by atoms with E-state index in [0.717, 1.165) is 29.8 Å². The lowest BCUT2D eigenvalue weighted by Gasteiger charge is -2.25. The summed E-state index contributed by atoms with van der Waals surface area (Å²) < 4.78 is 4.98. The minimum absolute atomic E-state index is 0.0679. The standard InChI is InChI=1S/C16H18N4O3S/c1-9-7-12(19-23-9)15(22)20-6-5-11-13(8-20)24-16(17-11)18-14(21)10-3-2-4-10/h7,10H,2-6,8H2,1H3,(H,17,18,21). The number of anilines is 1. The van der Waals surface area contributed by atoms with Gasteiger partial charge in [0.2, 0.25) is 5.91 Å². The van der Waals surface area contributed by atoms with Crippen LogP contribution in [-0.4, -0.2) is 33.4 Å². The molecule has 2 aromatic rings. The molecule has 1 N–H and O–H groups in total. The topological polar surface area (TPSA) is 88.3 Å². The molecule has 126 valence electrons.